The summed E-state index contributed by atoms with van der Waals surface area (Å²) in [7, 11) is 0. The highest BCUT2D eigenvalue weighted by atomic mass is 16.1. The van der Waals surface area contributed by atoms with Crippen LogP contribution in [0.3, 0.4) is 0 Å². The second kappa shape index (κ2) is 2.44. The van der Waals surface area contributed by atoms with E-state index >= 15 is 0 Å². The molecule has 0 aliphatic heterocycles. The Hall–Kier alpha value is -1.64. The fourth-order valence-electron chi connectivity index (χ4n) is 1.22. The maximum atomic E-state index is 10.9. The number of aromatic nitrogens is 2. The predicted molar refractivity (Wildman–Crippen MR) is 47.1 cm³/mol. The van der Waals surface area contributed by atoms with Crippen molar-refractivity contribution in [1.82, 2.24) is 9.97 Å². The molecule has 0 spiro atoms. The number of H-pyrrole nitrogens is 1. The van der Waals surface area contributed by atoms with Crippen molar-refractivity contribution in [3.63, 3.8) is 0 Å². The topological polar surface area (TPSA) is 45.8 Å². The molecule has 1 heterocycles. The molecule has 0 radical (unpaired) electrons. The van der Waals surface area contributed by atoms with Crippen LogP contribution in [0.2, 0.25) is 0 Å². The van der Waals surface area contributed by atoms with E-state index in [4.69, 9.17) is 0 Å². The van der Waals surface area contributed by atoms with Crippen LogP contribution in [-0.2, 0) is 0 Å². The van der Waals surface area contributed by atoms with Crippen molar-refractivity contribution in [2.45, 2.75) is 6.92 Å². The molecular weight excluding hydrogens is 152 g/mol. The van der Waals surface area contributed by atoms with Gasteiger partial charge in [0.15, 0.2) is 0 Å². The second-order valence-electron chi connectivity index (χ2n) is 2.72. The minimum atomic E-state index is -0.159. The van der Waals surface area contributed by atoms with Crippen LogP contribution < -0.4 is 5.56 Å². The molecule has 0 unspecified atom stereocenters. The van der Waals surface area contributed by atoms with Gasteiger partial charge in [0.2, 0.25) is 0 Å². The van der Waals surface area contributed by atoms with Gasteiger partial charge in [0.1, 0.15) is 0 Å². The van der Waals surface area contributed by atoms with Gasteiger partial charge in [0, 0.05) is 0 Å². The van der Waals surface area contributed by atoms with E-state index in [1.807, 2.05) is 25.1 Å². The fraction of sp³-hybridized carbons (Fsp3) is 0.111. The fourth-order valence-corrected chi connectivity index (χ4v) is 1.22. The number of aromatic amines is 1. The smallest absolute Gasteiger partial charge is 0.266 e. The normalized spacial score (nSPS) is 10.4. The quantitative estimate of drug-likeness (QED) is 0.630. The van der Waals surface area contributed by atoms with Crippen LogP contribution in [0.15, 0.2) is 29.2 Å². The van der Waals surface area contributed by atoms with Gasteiger partial charge in [0.25, 0.3) is 5.56 Å². The van der Waals surface area contributed by atoms with Crippen molar-refractivity contribution in [2.75, 3.05) is 0 Å². The second-order valence-corrected chi connectivity index (χ2v) is 2.72. The molecule has 0 fully saturated rings. The minimum absolute atomic E-state index is 0.159. The van der Waals surface area contributed by atoms with Gasteiger partial charge in [0.05, 0.1) is 17.2 Å². The van der Waals surface area contributed by atoms with Gasteiger partial charge in [-0.1, -0.05) is 12.1 Å². The molecule has 1 N–H and O–H groups in total. The van der Waals surface area contributed by atoms with Crippen molar-refractivity contribution in [1.29, 1.82) is 0 Å². The van der Waals surface area contributed by atoms with E-state index in [1.165, 1.54) is 6.20 Å². The molecule has 0 bridgehead atoms. The molecule has 0 aliphatic rings. The molecule has 0 amide bonds. The minimum Gasteiger partial charge on any atom is -0.319 e. The van der Waals surface area contributed by atoms with Gasteiger partial charge in [-0.05, 0) is 18.6 Å². The van der Waals surface area contributed by atoms with E-state index in [1.54, 1.807) is 0 Å². The van der Waals surface area contributed by atoms with Crippen LogP contribution >= 0.6 is 0 Å². The monoisotopic (exact) mass is 160 g/mol. The largest absolute Gasteiger partial charge is 0.319 e. The average molecular weight is 160 g/mol. The van der Waals surface area contributed by atoms with Crippen LogP contribution in [0, 0.1) is 6.92 Å². The first-order valence-electron chi connectivity index (χ1n) is 3.72. The molecular formula is C9H8N2O. The zero-order valence-corrected chi connectivity index (χ0v) is 6.66. The molecule has 1 aromatic heterocycles. The highest BCUT2D eigenvalue weighted by Crippen LogP contribution is 2.10. The molecule has 3 nitrogen and oxygen atoms in total. The first-order chi connectivity index (χ1) is 5.77. The Bertz CT molecular complexity index is 473. The van der Waals surface area contributed by atoms with Gasteiger partial charge in [-0.2, -0.15) is 0 Å². The van der Waals surface area contributed by atoms with Crippen molar-refractivity contribution in [3.05, 3.63) is 40.3 Å². The standard InChI is InChI=1S/C9H8N2O/c1-6-3-2-4-7-9(6)10-5-8(12)11-7/h2-5H,1H3,(H,11,12). The highest BCUT2D eigenvalue weighted by Gasteiger charge is 1.96. The number of hydrogen-bond acceptors (Lipinski definition) is 2. The third kappa shape index (κ3) is 0.993. The van der Waals surface area contributed by atoms with Crippen molar-refractivity contribution in [2.24, 2.45) is 0 Å². The average Bonchev–Trinajstić information content (AvgIpc) is 2.04. The summed E-state index contributed by atoms with van der Waals surface area (Å²) < 4.78 is 0. The summed E-state index contributed by atoms with van der Waals surface area (Å²) in [6.45, 7) is 1.97. The molecule has 2 rings (SSSR count). The number of hydrogen-bond donors (Lipinski definition) is 1. The van der Waals surface area contributed by atoms with E-state index in [2.05, 4.69) is 9.97 Å². The molecule has 60 valence electrons. The highest BCUT2D eigenvalue weighted by molar-refractivity contribution is 5.76. The zero-order valence-electron chi connectivity index (χ0n) is 6.66. The Kier molecular flexibility index (Phi) is 1.43. The number of benzene rings is 1. The van der Waals surface area contributed by atoms with Crippen LogP contribution in [-0.4, -0.2) is 9.97 Å². The lowest BCUT2D eigenvalue weighted by Gasteiger charge is -1.97. The molecule has 0 saturated carbocycles. The summed E-state index contributed by atoms with van der Waals surface area (Å²) in [5, 5.41) is 0. The van der Waals surface area contributed by atoms with Crippen LogP contribution in [0.5, 0.6) is 0 Å². The van der Waals surface area contributed by atoms with Crippen molar-refractivity contribution < 1.29 is 0 Å². The lowest BCUT2D eigenvalue weighted by Crippen LogP contribution is -2.05. The van der Waals surface area contributed by atoms with Gasteiger partial charge >= 0.3 is 0 Å². The third-order valence-corrected chi connectivity index (χ3v) is 1.81. The van der Waals surface area contributed by atoms with Crippen LogP contribution in [0.25, 0.3) is 11.0 Å². The predicted octanol–water partition coefficient (Wildman–Crippen LogP) is 1.23. The Morgan fingerprint density at radius 3 is 3.08 bits per heavy atom. The van der Waals surface area contributed by atoms with Crippen molar-refractivity contribution in [3.8, 4) is 0 Å². The zero-order chi connectivity index (χ0) is 8.55. The Morgan fingerprint density at radius 2 is 2.25 bits per heavy atom. The summed E-state index contributed by atoms with van der Waals surface area (Å²) >= 11 is 0. The van der Waals surface area contributed by atoms with E-state index in [-0.39, 0.29) is 5.56 Å². The van der Waals surface area contributed by atoms with E-state index in [9.17, 15) is 4.79 Å². The van der Waals surface area contributed by atoms with Gasteiger partial charge in [-0.25, -0.2) is 4.98 Å². The third-order valence-electron chi connectivity index (χ3n) is 1.81. The number of nitrogens with one attached hydrogen (secondary N) is 1. The number of aryl methyl sites for hydroxylation is 1. The maximum Gasteiger partial charge on any atom is 0.266 e. The molecule has 0 saturated heterocycles. The summed E-state index contributed by atoms with van der Waals surface area (Å²) in [6.07, 6.45) is 1.30. The Labute approximate surface area is 69.1 Å². The molecule has 12 heavy (non-hydrogen) atoms. The number of rotatable bonds is 0. The van der Waals surface area contributed by atoms with Gasteiger partial charge < -0.3 is 4.98 Å². The van der Waals surface area contributed by atoms with E-state index < -0.39 is 0 Å². The summed E-state index contributed by atoms with van der Waals surface area (Å²) in [4.78, 5) is 17.6. The first kappa shape index (κ1) is 7.03. The SMILES string of the molecule is Cc1cccc2[nH]c(=O)cnc12. The summed E-state index contributed by atoms with van der Waals surface area (Å²) in [5.74, 6) is 0. The molecule has 2 aromatic rings. The van der Waals surface area contributed by atoms with Crippen molar-refractivity contribution >= 4 is 11.0 Å². The van der Waals surface area contributed by atoms with E-state index in [0.29, 0.717) is 0 Å². The Morgan fingerprint density at radius 1 is 1.42 bits per heavy atom. The van der Waals surface area contributed by atoms with Crippen LogP contribution in [0.1, 0.15) is 5.56 Å². The Balaban J connectivity index is 2.96. The molecule has 1 aromatic carbocycles. The van der Waals surface area contributed by atoms with Gasteiger partial charge in [-0.15, -0.1) is 0 Å². The van der Waals surface area contributed by atoms with Crippen LogP contribution in [0.4, 0.5) is 0 Å². The van der Waals surface area contributed by atoms with Gasteiger partial charge in [-0.3, -0.25) is 4.79 Å². The maximum absolute atomic E-state index is 10.9. The number of para-hydroxylation sites is 1. The lowest BCUT2D eigenvalue weighted by atomic mass is 10.2. The summed E-state index contributed by atoms with van der Waals surface area (Å²) in [5.41, 5.74) is 2.57. The molecule has 3 heteroatoms. The summed E-state index contributed by atoms with van der Waals surface area (Å²) in [6, 6.07) is 5.71. The number of fused-ring (bicyclic) bond motifs is 1. The molecule has 0 atom stereocenters. The molecule has 0 aliphatic carbocycles. The van der Waals surface area contributed by atoms with E-state index in [0.717, 1.165) is 16.6 Å². The lowest BCUT2D eigenvalue weighted by molar-refractivity contribution is 1.21. The number of nitrogens with zero attached hydrogens (tertiary/aromatic N) is 1. The first-order valence-corrected chi connectivity index (χ1v) is 3.72.